The summed E-state index contributed by atoms with van der Waals surface area (Å²) in [6.07, 6.45) is 0.742. The third-order valence-corrected chi connectivity index (χ3v) is 4.37. The molecule has 2 aromatic rings. The van der Waals surface area contributed by atoms with Gasteiger partial charge in [-0.25, -0.2) is 0 Å². The lowest BCUT2D eigenvalue weighted by Crippen LogP contribution is -2.45. The van der Waals surface area contributed by atoms with E-state index in [1.807, 2.05) is 43.3 Å². The second-order valence-corrected chi connectivity index (χ2v) is 6.04. The normalized spacial score (nSPS) is 14.2. The number of carbonyl (C=O) groups is 2. The van der Waals surface area contributed by atoms with E-state index in [-0.39, 0.29) is 31.0 Å². The molecule has 136 valence electrons. The summed E-state index contributed by atoms with van der Waals surface area (Å²) in [4.78, 5) is 26.2. The van der Waals surface area contributed by atoms with Crippen LogP contribution in [0.25, 0.3) is 0 Å². The van der Waals surface area contributed by atoms with Gasteiger partial charge in [0.15, 0.2) is 6.61 Å². The Kier molecular flexibility index (Phi) is 5.41. The van der Waals surface area contributed by atoms with Crippen molar-refractivity contribution in [3.05, 3.63) is 54.1 Å². The summed E-state index contributed by atoms with van der Waals surface area (Å²) < 4.78 is 10.6. The Balaban J connectivity index is 1.70. The number of nitrogens with one attached hydrogen (secondary N) is 1. The minimum atomic E-state index is -0.226. The third-order valence-electron chi connectivity index (χ3n) is 4.37. The Hall–Kier alpha value is -3.02. The standard InChI is InChI=1S/C20H22N2O4/c1-3-16(14-8-10-15(25-2)11-9-14)21-19(23)12-22-17-6-4-5-7-18(17)26-13-20(22)24/h4-11,16H,3,12-13H2,1-2H3,(H,21,23). The van der Waals surface area contributed by atoms with Crippen molar-refractivity contribution < 1.29 is 19.1 Å². The summed E-state index contributed by atoms with van der Waals surface area (Å²) in [5.41, 5.74) is 1.62. The molecule has 1 aliphatic heterocycles. The second-order valence-electron chi connectivity index (χ2n) is 6.04. The summed E-state index contributed by atoms with van der Waals surface area (Å²) in [6, 6.07) is 14.7. The van der Waals surface area contributed by atoms with Crippen molar-refractivity contribution in [1.29, 1.82) is 0 Å². The molecule has 1 unspecified atom stereocenters. The number of hydrogen-bond donors (Lipinski definition) is 1. The van der Waals surface area contributed by atoms with Gasteiger partial charge in [0.25, 0.3) is 5.91 Å². The van der Waals surface area contributed by atoms with Gasteiger partial charge in [0, 0.05) is 0 Å². The molecule has 0 saturated heterocycles. The highest BCUT2D eigenvalue weighted by atomic mass is 16.5. The molecule has 0 fully saturated rings. The summed E-state index contributed by atoms with van der Waals surface area (Å²) >= 11 is 0. The van der Waals surface area contributed by atoms with Crippen molar-refractivity contribution in [2.45, 2.75) is 19.4 Å². The fourth-order valence-electron chi connectivity index (χ4n) is 2.97. The lowest BCUT2D eigenvalue weighted by Gasteiger charge is -2.29. The van der Waals surface area contributed by atoms with Crippen LogP contribution in [0.3, 0.4) is 0 Å². The summed E-state index contributed by atoms with van der Waals surface area (Å²) in [7, 11) is 1.62. The maximum absolute atomic E-state index is 12.6. The quantitative estimate of drug-likeness (QED) is 0.866. The van der Waals surface area contributed by atoms with Crippen LogP contribution in [0.5, 0.6) is 11.5 Å². The van der Waals surface area contributed by atoms with Crippen molar-refractivity contribution in [2.75, 3.05) is 25.2 Å². The number of nitrogens with zero attached hydrogens (tertiary/aromatic N) is 1. The number of fused-ring (bicyclic) bond motifs is 1. The van der Waals surface area contributed by atoms with Crippen LogP contribution in [-0.2, 0) is 9.59 Å². The minimum absolute atomic E-state index is 0.0359. The van der Waals surface area contributed by atoms with Crippen molar-refractivity contribution >= 4 is 17.5 Å². The van der Waals surface area contributed by atoms with E-state index in [0.29, 0.717) is 11.4 Å². The molecule has 1 N–H and O–H groups in total. The molecule has 0 saturated carbocycles. The number of methoxy groups -OCH3 is 1. The van der Waals surface area contributed by atoms with Gasteiger partial charge in [0.2, 0.25) is 5.91 Å². The summed E-state index contributed by atoms with van der Waals surface area (Å²) in [5.74, 6) is 0.946. The van der Waals surface area contributed by atoms with Crippen LogP contribution in [0.4, 0.5) is 5.69 Å². The number of hydrogen-bond acceptors (Lipinski definition) is 4. The Labute approximate surface area is 152 Å². The molecule has 1 heterocycles. The largest absolute Gasteiger partial charge is 0.497 e. The summed E-state index contributed by atoms with van der Waals surface area (Å²) in [6.45, 7) is 1.91. The molecular weight excluding hydrogens is 332 g/mol. The van der Waals surface area contributed by atoms with Gasteiger partial charge in [-0.2, -0.15) is 0 Å². The van der Waals surface area contributed by atoms with Gasteiger partial charge in [0.05, 0.1) is 18.8 Å². The number of anilines is 1. The highest BCUT2D eigenvalue weighted by molar-refractivity contribution is 6.02. The zero-order valence-corrected chi connectivity index (χ0v) is 14.9. The SMILES string of the molecule is CCC(NC(=O)CN1C(=O)COc2ccccc21)c1ccc(OC)cc1. The number of rotatable bonds is 6. The molecule has 0 radical (unpaired) electrons. The fraction of sp³-hybridized carbons (Fsp3) is 0.300. The van der Waals surface area contributed by atoms with Gasteiger partial charge < -0.3 is 14.8 Å². The molecule has 0 aromatic heterocycles. The number of amides is 2. The van der Waals surface area contributed by atoms with E-state index in [1.165, 1.54) is 4.90 Å². The van der Waals surface area contributed by atoms with Crippen LogP contribution >= 0.6 is 0 Å². The van der Waals surface area contributed by atoms with Gasteiger partial charge in [-0.1, -0.05) is 31.2 Å². The molecule has 6 heteroatoms. The Morgan fingerprint density at radius 2 is 1.96 bits per heavy atom. The van der Waals surface area contributed by atoms with Crippen molar-refractivity contribution in [3.63, 3.8) is 0 Å². The number of ether oxygens (including phenoxy) is 2. The highest BCUT2D eigenvalue weighted by Gasteiger charge is 2.27. The van der Waals surface area contributed by atoms with E-state index < -0.39 is 0 Å². The van der Waals surface area contributed by atoms with Crippen LogP contribution < -0.4 is 19.7 Å². The van der Waals surface area contributed by atoms with Gasteiger partial charge in [0.1, 0.15) is 18.0 Å². The molecule has 3 rings (SSSR count). The van der Waals surface area contributed by atoms with Crippen LogP contribution in [0.2, 0.25) is 0 Å². The zero-order chi connectivity index (χ0) is 18.5. The van der Waals surface area contributed by atoms with Crippen molar-refractivity contribution in [1.82, 2.24) is 5.32 Å². The average Bonchev–Trinajstić information content (AvgIpc) is 2.68. The van der Waals surface area contributed by atoms with Crippen LogP contribution in [0, 0.1) is 0 Å². The molecule has 1 atom stereocenters. The number of benzene rings is 2. The Morgan fingerprint density at radius 1 is 1.23 bits per heavy atom. The van der Waals surface area contributed by atoms with Gasteiger partial charge >= 0.3 is 0 Å². The molecular formula is C20H22N2O4. The maximum atomic E-state index is 12.6. The van der Waals surface area contributed by atoms with Crippen molar-refractivity contribution in [2.24, 2.45) is 0 Å². The first-order chi connectivity index (χ1) is 12.6. The first kappa shape index (κ1) is 17.8. The zero-order valence-electron chi connectivity index (χ0n) is 14.9. The molecule has 2 amide bonds. The van der Waals surface area contributed by atoms with Gasteiger partial charge in [-0.15, -0.1) is 0 Å². The van der Waals surface area contributed by atoms with E-state index in [0.717, 1.165) is 17.7 Å². The molecule has 1 aliphatic rings. The van der Waals surface area contributed by atoms with Crippen LogP contribution in [0.1, 0.15) is 24.9 Å². The number of carbonyl (C=O) groups excluding carboxylic acids is 2. The van der Waals surface area contributed by atoms with Crippen LogP contribution in [-0.4, -0.2) is 32.1 Å². The lowest BCUT2D eigenvalue weighted by molar-refractivity contribution is -0.125. The molecule has 2 aromatic carbocycles. The van der Waals surface area contributed by atoms with E-state index >= 15 is 0 Å². The van der Waals surface area contributed by atoms with E-state index in [2.05, 4.69) is 5.32 Å². The molecule has 0 bridgehead atoms. The molecule has 26 heavy (non-hydrogen) atoms. The van der Waals surface area contributed by atoms with Gasteiger partial charge in [-0.3, -0.25) is 14.5 Å². The first-order valence-electron chi connectivity index (χ1n) is 8.58. The van der Waals surface area contributed by atoms with Gasteiger partial charge in [-0.05, 0) is 36.2 Å². The first-order valence-corrected chi connectivity index (χ1v) is 8.58. The topological polar surface area (TPSA) is 67.9 Å². The average molecular weight is 354 g/mol. The number of para-hydroxylation sites is 2. The third kappa shape index (κ3) is 3.79. The predicted molar refractivity (Wildman–Crippen MR) is 98.5 cm³/mol. The molecule has 0 spiro atoms. The Bertz CT molecular complexity index is 789. The van der Waals surface area contributed by atoms with E-state index in [9.17, 15) is 9.59 Å². The van der Waals surface area contributed by atoms with Crippen LogP contribution in [0.15, 0.2) is 48.5 Å². The second kappa shape index (κ2) is 7.91. The predicted octanol–water partition coefficient (Wildman–Crippen LogP) is 2.69. The molecule has 0 aliphatic carbocycles. The fourth-order valence-corrected chi connectivity index (χ4v) is 2.97. The lowest BCUT2D eigenvalue weighted by atomic mass is 10.0. The Morgan fingerprint density at radius 3 is 2.65 bits per heavy atom. The summed E-state index contributed by atoms with van der Waals surface area (Å²) in [5, 5.41) is 3.00. The highest BCUT2D eigenvalue weighted by Crippen LogP contribution is 2.31. The van der Waals surface area contributed by atoms with E-state index in [4.69, 9.17) is 9.47 Å². The smallest absolute Gasteiger partial charge is 0.265 e. The van der Waals surface area contributed by atoms with Crippen molar-refractivity contribution in [3.8, 4) is 11.5 Å². The minimum Gasteiger partial charge on any atom is -0.497 e. The maximum Gasteiger partial charge on any atom is 0.265 e. The molecule has 6 nitrogen and oxygen atoms in total. The van der Waals surface area contributed by atoms with E-state index in [1.54, 1.807) is 19.2 Å². The monoisotopic (exact) mass is 354 g/mol.